The summed E-state index contributed by atoms with van der Waals surface area (Å²) in [6, 6.07) is 0. The third-order valence-electron chi connectivity index (χ3n) is 1.05. The first-order chi connectivity index (χ1) is 3.18. The second kappa shape index (κ2) is 3.33. The molecule has 0 aliphatic carbocycles. The highest BCUT2D eigenvalue weighted by atomic mass is 32.2. The van der Waals surface area contributed by atoms with Crippen LogP contribution in [0.15, 0.2) is 0 Å². The highest BCUT2D eigenvalue weighted by Gasteiger charge is 2.03. The number of aliphatic hydroxyl groups is 1. The van der Waals surface area contributed by atoms with E-state index >= 15 is 0 Å². The SMILES string of the molecule is CSC(C)C(C)O. The van der Waals surface area contributed by atoms with Crippen LogP contribution in [0, 0.1) is 0 Å². The van der Waals surface area contributed by atoms with Crippen LogP contribution in [0.25, 0.3) is 0 Å². The molecule has 1 nitrogen and oxygen atoms in total. The molecule has 0 aliphatic heterocycles. The first kappa shape index (κ1) is 7.31. The number of rotatable bonds is 2. The van der Waals surface area contributed by atoms with Gasteiger partial charge in [0.05, 0.1) is 6.10 Å². The molecule has 0 fully saturated rings. The van der Waals surface area contributed by atoms with Gasteiger partial charge in [0.15, 0.2) is 0 Å². The Kier molecular flexibility index (Phi) is 3.48. The zero-order chi connectivity index (χ0) is 5.86. The third-order valence-corrected chi connectivity index (χ3v) is 2.19. The van der Waals surface area contributed by atoms with Crippen LogP contribution in [0.5, 0.6) is 0 Å². The molecule has 0 radical (unpaired) electrons. The van der Waals surface area contributed by atoms with Crippen molar-refractivity contribution in [2.45, 2.75) is 25.2 Å². The minimum atomic E-state index is -0.171. The monoisotopic (exact) mass is 120 g/mol. The van der Waals surface area contributed by atoms with E-state index in [0.29, 0.717) is 5.25 Å². The molecule has 2 atom stereocenters. The van der Waals surface area contributed by atoms with Gasteiger partial charge in [-0.1, -0.05) is 6.92 Å². The molecule has 0 aliphatic rings. The smallest absolute Gasteiger partial charge is 0.0627 e. The first-order valence-corrected chi connectivity index (χ1v) is 3.68. The number of hydrogen-bond acceptors (Lipinski definition) is 2. The molecule has 0 rings (SSSR count). The summed E-state index contributed by atoms with van der Waals surface area (Å²) in [5.74, 6) is 0. The van der Waals surface area contributed by atoms with Crippen LogP contribution in [-0.2, 0) is 0 Å². The van der Waals surface area contributed by atoms with Crippen LogP contribution in [0.1, 0.15) is 13.8 Å². The van der Waals surface area contributed by atoms with E-state index in [-0.39, 0.29) is 6.10 Å². The van der Waals surface area contributed by atoms with Gasteiger partial charge >= 0.3 is 0 Å². The Morgan fingerprint density at radius 2 is 1.86 bits per heavy atom. The lowest BCUT2D eigenvalue weighted by Gasteiger charge is -2.09. The molecule has 0 bridgehead atoms. The zero-order valence-corrected chi connectivity index (χ0v) is 5.83. The van der Waals surface area contributed by atoms with Gasteiger partial charge in [-0.2, -0.15) is 11.8 Å². The Labute approximate surface area is 49.1 Å². The predicted molar refractivity (Wildman–Crippen MR) is 34.7 cm³/mol. The van der Waals surface area contributed by atoms with Crippen molar-refractivity contribution in [3.8, 4) is 0 Å². The fourth-order valence-corrected chi connectivity index (χ4v) is 0.591. The second-order valence-electron chi connectivity index (χ2n) is 1.68. The topological polar surface area (TPSA) is 20.2 Å². The lowest BCUT2D eigenvalue weighted by Crippen LogP contribution is -2.14. The van der Waals surface area contributed by atoms with Crippen molar-refractivity contribution in [2.75, 3.05) is 6.26 Å². The fraction of sp³-hybridized carbons (Fsp3) is 1.00. The zero-order valence-electron chi connectivity index (χ0n) is 5.01. The van der Waals surface area contributed by atoms with Crippen molar-refractivity contribution in [1.29, 1.82) is 0 Å². The van der Waals surface area contributed by atoms with Crippen molar-refractivity contribution in [1.82, 2.24) is 0 Å². The summed E-state index contributed by atoms with van der Waals surface area (Å²) in [6.45, 7) is 3.82. The third kappa shape index (κ3) is 2.94. The molecule has 0 saturated heterocycles. The lowest BCUT2D eigenvalue weighted by atomic mass is 10.3. The maximum absolute atomic E-state index is 8.80. The number of hydrogen-bond donors (Lipinski definition) is 1. The standard InChI is InChI=1S/C5H12OS/c1-4(6)5(2)7-3/h4-6H,1-3H3. The summed E-state index contributed by atoms with van der Waals surface area (Å²) in [5, 5.41) is 9.18. The molecule has 0 saturated carbocycles. The van der Waals surface area contributed by atoms with Crippen LogP contribution in [-0.4, -0.2) is 22.7 Å². The quantitative estimate of drug-likeness (QED) is 0.589. The fourth-order valence-electron chi connectivity index (χ4n) is 0.197. The van der Waals surface area contributed by atoms with Gasteiger partial charge in [-0.15, -0.1) is 0 Å². The Hall–Kier alpha value is 0.310. The second-order valence-corrected chi connectivity index (χ2v) is 2.90. The van der Waals surface area contributed by atoms with Crippen molar-refractivity contribution >= 4 is 11.8 Å². The van der Waals surface area contributed by atoms with Gasteiger partial charge in [-0.3, -0.25) is 0 Å². The summed E-state index contributed by atoms with van der Waals surface area (Å²) < 4.78 is 0. The van der Waals surface area contributed by atoms with Crippen molar-refractivity contribution in [2.24, 2.45) is 0 Å². The van der Waals surface area contributed by atoms with Gasteiger partial charge in [-0.05, 0) is 13.2 Å². The Balaban J connectivity index is 3.14. The molecule has 0 spiro atoms. The molecule has 2 unspecified atom stereocenters. The Morgan fingerprint density at radius 3 is 1.86 bits per heavy atom. The van der Waals surface area contributed by atoms with Crippen LogP contribution in [0.2, 0.25) is 0 Å². The largest absolute Gasteiger partial charge is 0.392 e. The lowest BCUT2D eigenvalue weighted by molar-refractivity contribution is 0.196. The van der Waals surface area contributed by atoms with E-state index in [1.807, 2.05) is 13.2 Å². The van der Waals surface area contributed by atoms with Gasteiger partial charge in [-0.25, -0.2) is 0 Å². The van der Waals surface area contributed by atoms with Crippen LogP contribution in [0.4, 0.5) is 0 Å². The van der Waals surface area contributed by atoms with Gasteiger partial charge in [0.1, 0.15) is 0 Å². The van der Waals surface area contributed by atoms with E-state index in [2.05, 4.69) is 0 Å². The minimum absolute atomic E-state index is 0.171. The molecule has 0 aromatic rings. The Bertz CT molecular complexity index is 45.3. The molecule has 1 N–H and O–H groups in total. The van der Waals surface area contributed by atoms with Crippen LogP contribution in [0.3, 0.4) is 0 Å². The summed E-state index contributed by atoms with van der Waals surface area (Å²) in [4.78, 5) is 0. The molecule has 7 heavy (non-hydrogen) atoms. The summed E-state index contributed by atoms with van der Waals surface area (Å²) in [6.07, 6.45) is 1.83. The van der Waals surface area contributed by atoms with E-state index in [4.69, 9.17) is 5.11 Å². The molecule has 0 aromatic carbocycles. The maximum Gasteiger partial charge on any atom is 0.0627 e. The molecule has 0 amide bonds. The van der Waals surface area contributed by atoms with Crippen molar-refractivity contribution < 1.29 is 5.11 Å². The van der Waals surface area contributed by atoms with Gasteiger partial charge in [0, 0.05) is 5.25 Å². The number of thioether (sulfide) groups is 1. The molecule has 2 heteroatoms. The van der Waals surface area contributed by atoms with Gasteiger partial charge in [0.25, 0.3) is 0 Å². The summed E-state index contributed by atoms with van der Waals surface area (Å²) >= 11 is 1.68. The van der Waals surface area contributed by atoms with Gasteiger partial charge in [0.2, 0.25) is 0 Å². The molecule has 0 heterocycles. The molecular weight excluding hydrogens is 108 g/mol. The van der Waals surface area contributed by atoms with Gasteiger partial charge < -0.3 is 5.11 Å². The van der Waals surface area contributed by atoms with Crippen LogP contribution < -0.4 is 0 Å². The van der Waals surface area contributed by atoms with E-state index in [1.165, 1.54) is 0 Å². The minimum Gasteiger partial charge on any atom is -0.392 e. The molecule has 44 valence electrons. The molecular formula is C5H12OS. The Morgan fingerprint density at radius 1 is 1.43 bits per heavy atom. The average Bonchev–Trinajstić information content (AvgIpc) is 1.65. The first-order valence-electron chi connectivity index (χ1n) is 2.39. The normalized spacial score (nSPS) is 18.9. The van der Waals surface area contributed by atoms with E-state index in [9.17, 15) is 0 Å². The number of aliphatic hydroxyl groups excluding tert-OH is 1. The van der Waals surface area contributed by atoms with E-state index in [1.54, 1.807) is 18.7 Å². The average molecular weight is 120 g/mol. The highest BCUT2D eigenvalue weighted by Crippen LogP contribution is 2.08. The van der Waals surface area contributed by atoms with E-state index < -0.39 is 0 Å². The predicted octanol–water partition coefficient (Wildman–Crippen LogP) is 1.12. The molecule has 0 aromatic heterocycles. The summed E-state index contributed by atoms with van der Waals surface area (Å²) in [5.41, 5.74) is 0. The summed E-state index contributed by atoms with van der Waals surface area (Å²) in [7, 11) is 0. The van der Waals surface area contributed by atoms with Crippen LogP contribution >= 0.6 is 11.8 Å². The van der Waals surface area contributed by atoms with Crippen molar-refractivity contribution in [3.05, 3.63) is 0 Å². The maximum atomic E-state index is 8.80. The van der Waals surface area contributed by atoms with E-state index in [0.717, 1.165) is 0 Å². The van der Waals surface area contributed by atoms with Crippen molar-refractivity contribution in [3.63, 3.8) is 0 Å². The highest BCUT2D eigenvalue weighted by molar-refractivity contribution is 7.99.